The van der Waals surface area contributed by atoms with Gasteiger partial charge in [-0.05, 0) is 6.07 Å². The molecule has 0 saturated heterocycles. The topological polar surface area (TPSA) is 66.4 Å². The summed E-state index contributed by atoms with van der Waals surface area (Å²) in [6.07, 6.45) is 0. The Morgan fingerprint density at radius 2 is 1.84 bits per heavy atom. The third kappa shape index (κ3) is 3.24. The molecular weight excluding hydrogens is 263 g/mol. The summed E-state index contributed by atoms with van der Waals surface area (Å²) in [5.41, 5.74) is -0.868. The number of carbonyl (C=O) groups excluding carboxylic acids is 2. The molecular formula is C12H12F3NO3. The molecule has 0 aliphatic carbocycles. The quantitative estimate of drug-likeness (QED) is 0.823. The van der Waals surface area contributed by atoms with Gasteiger partial charge in [0.15, 0.2) is 23.2 Å². The number of Topliss-reactive ketones (excluding diaryl/α,β-unsaturated/α-hetero) is 1. The second kappa shape index (κ2) is 5.73. The van der Waals surface area contributed by atoms with Crippen molar-refractivity contribution in [1.29, 1.82) is 0 Å². The number of ketones is 1. The number of rotatable bonds is 4. The van der Waals surface area contributed by atoms with Gasteiger partial charge in [-0.25, -0.2) is 8.78 Å². The molecule has 0 aliphatic rings. The lowest BCUT2D eigenvalue weighted by Gasteiger charge is -2.08. The zero-order valence-electron chi connectivity index (χ0n) is 10.3. The Morgan fingerprint density at radius 1 is 1.26 bits per heavy atom. The summed E-state index contributed by atoms with van der Waals surface area (Å²) in [6.45, 7) is 2.85. The van der Waals surface area contributed by atoms with Crippen LogP contribution in [0.2, 0.25) is 0 Å². The van der Waals surface area contributed by atoms with Crippen LogP contribution in [-0.4, -0.2) is 23.3 Å². The fraction of sp³-hybridized carbons (Fsp3) is 0.333. The smallest absolute Gasteiger partial charge is 0.254 e. The predicted octanol–water partition coefficient (Wildman–Crippen LogP) is 1.76. The first-order chi connectivity index (χ1) is 8.75. The lowest BCUT2D eigenvalue weighted by molar-refractivity contribution is -0.120. The first-order valence-corrected chi connectivity index (χ1v) is 5.43. The minimum Gasteiger partial charge on any atom is -0.503 e. The molecule has 1 aromatic rings. The van der Waals surface area contributed by atoms with Crippen LogP contribution in [0, 0.1) is 23.4 Å². The number of hydrogen-bond donors (Lipinski definition) is 2. The molecule has 19 heavy (non-hydrogen) atoms. The molecule has 0 spiro atoms. The highest BCUT2D eigenvalue weighted by atomic mass is 19.2. The zero-order valence-corrected chi connectivity index (χ0v) is 10.3. The van der Waals surface area contributed by atoms with E-state index in [0.29, 0.717) is 6.07 Å². The Kier molecular flexibility index (Phi) is 4.52. The maximum atomic E-state index is 13.4. The van der Waals surface area contributed by atoms with Crippen LogP contribution in [0.5, 0.6) is 5.75 Å². The molecule has 0 atom stereocenters. The van der Waals surface area contributed by atoms with Gasteiger partial charge in [0.1, 0.15) is 0 Å². The Labute approximate surface area is 107 Å². The second-order valence-corrected chi connectivity index (χ2v) is 4.19. The van der Waals surface area contributed by atoms with E-state index >= 15 is 0 Å². The molecule has 0 bridgehead atoms. The molecule has 0 radical (unpaired) electrons. The molecule has 1 rings (SSSR count). The average molecular weight is 275 g/mol. The van der Waals surface area contributed by atoms with Gasteiger partial charge in [-0.3, -0.25) is 9.59 Å². The van der Waals surface area contributed by atoms with Gasteiger partial charge in [0.05, 0.1) is 12.1 Å². The van der Waals surface area contributed by atoms with Gasteiger partial charge < -0.3 is 10.4 Å². The maximum Gasteiger partial charge on any atom is 0.254 e. The van der Waals surface area contributed by atoms with Crippen molar-refractivity contribution < 1.29 is 27.9 Å². The van der Waals surface area contributed by atoms with Gasteiger partial charge in [0, 0.05) is 5.92 Å². The fourth-order valence-corrected chi connectivity index (χ4v) is 1.22. The van der Waals surface area contributed by atoms with Gasteiger partial charge in [-0.2, -0.15) is 4.39 Å². The highest BCUT2D eigenvalue weighted by Gasteiger charge is 2.22. The monoisotopic (exact) mass is 275 g/mol. The van der Waals surface area contributed by atoms with E-state index in [4.69, 9.17) is 5.11 Å². The van der Waals surface area contributed by atoms with Crippen molar-refractivity contribution in [3.63, 3.8) is 0 Å². The van der Waals surface area contributed by atoms with E-state index in [9.17, 15) is 22.8 Å². The van der Waals surface area contributed by atoms with Gasteiger partial charge in [0.2, 0.25) is 5.82 Å². The van der Waals surface area contributed by atoms with Gasteiger partial charge in [-0.1, -0.05) is 13.8 Å². The van der Waals surface area contributed by atoms with Gasteiger partial charge in [-0.15, -0.1) is 0 Å². The first kappa shape index (κ1) is 15.0. The highest BCUT2D eigenvalue weighted by Crippen LogP contribution is 2.25. The van der Waals surface area contributed by atoms with Crippen LogP contribution < -0.4 is 5.32 Å². The van der Waals surface area contributed by atoms with Crippen molar-refractivity contribution in [3.05, 3.63) is 29.1 Å². The molecule has 2 N–H and O–H groups in total. The normalized spacial score (nSPS) is 10.6. The van der Waals surface area contributed by atoms with E-state index in [2.05, 4.69) is 5.32 Å². The zero-order chi connectivity index (χ0) is 14.7. The van der Waals surface area contributed by atoms with Crippen LogP contribution in [0.4, 0.5) is 13.2 Å². The third-order valence-corrected chi connectivity index (χ3v) is 2.44. The van der Waals surface area contributed by atoms with E-state index in [0.717, 1.165) is 0 Å². The number of amides is 1. The molecule has 0 aromatic heterocycles. The van der Waals surface area contributed by atoms with Crippen LogP contribution in [0.1, 0.15) is 24.2 Å². The molecule has 0 unspecified atom stereocenters. The summed E-state index contributed by atoms with van der Waals surface area (Å²) in [6, 6.07) is 0.319. The number of carbonyl (C=O) groups is 2. The molecule has 7 heteroatoms. The molecule has 0 fully saturated rings. The van der Waals surface area contributed by atoms with Gasteiger partial charge in [0.25, 0.3) is 5.91 Å². The standard InChI is InChI=1S/C12H12F3NO3/c1-5(2)8(17)4-16-12(19)6-3-7(13)10(15)11(18)9(6)14/h3,5,18H,4H2,1-2H3,(H,16,19). The minimum absolute atomic E-state index is 0.305. The number of halogens is 3. The number of phenolic OH excluding ortho intramolecular Hbond substituents is 1. The first-order valence-electron chi connectivity index (χ1n) is 5.43. The fourth-order valence-electron chi connectivity index (χ4n) is 1.22. The van der Waals surface area contributed by atoms with Crippen LogP contribution in [0.3, 0.4) is 0 Å². The summed E-state index contributed by atoms with van der Waals surface area (Å²) in [7, 11) is 0. The highest BCUT2D eigenvalue weighted by molar-refractivity contribution is 5.97. The predicted molar refractivity (Wildman–Crippen MR) is 60.2 cm³/mol. The number of aromatic hydroxyl groups is 1. The van der Waals surface area contributed by atoms with E-state index in [1.165, 1.54) is 0 Å². The SMILES string of the molecule is CC(C)C(=O)CNC(=O)c1cc(F)c(F)c(O)c1F. The number of hydrogen-bond acceptors (Lipinski definition) is 3. The molecule has 1 aromatic carbocycles. The average Bonchev–Trinajstić information content (AvgIpc) is 2.37. The summed E-state index contributed by atoms with van der Waals surface area (Å²) in [5.74, 6) is -8.22. The molecule has 0 heterocycles. The van der Waals surface area contributed by atoms with Crippen LogP contribution in [-0.2, 0) is 4.79 Å². The second-order valence-electron chi connectivity index (χ2n) is 4.19. The molecule has 0 saturated carbocycles. The van der Waals surface area contributed by atoms with Crippen LogP contribution in [0.15, 0.2) is 6.07 Å². The summed E-state index contributed by atoms with van der Waals surface area (Å²) in [4.78, 5) is 22.8. The van der Waals surface area contributed by atoms with Crippen molar-refractivity contribution in [2.45, 2.75) is 13.8 Å². The van der Waals surface area contributed by atoms with Crippen molar-refractivity contribution in [2.24, 2.45) is 5.92 Å². The lowest BCUT2D eigenvalue weighted by Crippen LogP contribution is -2.32. The van der Waals surface area contributed by atoms with Crippen molar-refractivity contribution >= 4 is 11.7 Å². The summed E-state index contributed by atoms with van der Waals surface area (Å²) >= 11 is 0. The number of benzene rings is 1. The maximum absolute atomic E-state index is 13.4. The van der Waals surface area contributed by atoms with E-state index in [-0.39, 0.29) is 18.2 Å². The Bertz CT molecular complexity index is 529. The Morgan fingerprint density at radius 3 is 2.37 bits per heavy atom. The Hall–Kier alpha value is -2.05. The van der Waals surface area contributed by atoms with Crippen molar-refractivity contribution in [3.8, 4) is 5.75 Å². The Balaban J connectivity index is 2.92. The number of nitrogens with one attached hydrogen (secondary N) is 1. The molecule has 4 nitrogen and oxygen atoms in total. The van der Waals surface area contributed by atoms with Gasteiger partial charge >= 0.3 is 0 Å². The van der Waals surface area contributed by atoms with Crippen molar-refractivity contribution in [1.82, 2.24) is 5.32 Å². The van der Waals surface area contributed by atoms with E-state index in [1.807, 2.05) is 0 Å². The number of phenols is 1. The van der Waals surface area contributed by atoms with Crippen molar-refractivity contribution in [2.75, 3.05) is 6.54 Å². The van der Waals surface area contributed by atoms with Crippen LogP contribution in [0.25, 0.3) is 0 Å². The summed E-state index contributed by atoms with van der Waals surface area (Å²) < 4.78 is 39.1. The summed E-state index contributed by atoms with van der Waals surface area (Å²) in [5, 5.41) is 11.0. The molecule has 1 amide bonds. The molecule has 104 valence electrons. The van der Waals surface area contributed by atoms with E-state index < -0.39 is 34.7 Å². The van der Waals surface area contributed by atoms with Crippen LogP contribution >= 0.6 is 0 Å². The van der Waals surface area contributed by atoms with E-state index in [1.54, 1.807) is 13.8 Å². The largest absolute Gasteiger partial charge is 0.503 e. The lowest BCUT2D eigenvalue weighted by atomic mass is 10.1. The third-order valence-electron chi connectivity index (χ3n) is 2.44. The minimum atomic E-state index is -1.77. The molecule has 0 aliphatic heterocycles.